The quantitative estimate of drug-likeness (QED) is 0.873. The van der Waals surface area contributed by atoms with Crippen LogP contribution in [0.4, 0.5) is 0 Å². The molecule has 0 atom stereocenters. The second-order valence-electron chi connectivity index (χ2n) is 6.18. The Labute approximate surface area is 124 Å². The smallest absolute Gasteiger partial charge is 0.223 e. The third kappa shape index (κ3) is 2.83. The van der Waals surface area contributed by atoms with Crippen LogP contribution < -0.4 is 5.32 Å². The van der Waals surface area contributed by atoms with Crippen LogP contribution in [-0.2, 0) is 18.6 Å². The molecule has 0 bridgehead atoms. The molecule has 1 aliphatic rings. The fraction of sp³-hybridized carbons (Fsp3) is 0.714. The third-order valence-electron chi connectivity index (χ3n) is 3.98. The summed E-state index contributed by atoms with van der Waals surface area (Å²) in [6.07, 6.45) is 4.86. The average Bonchev–Trinajstić information content (AvgIpc) is 2.98. The molecule has 2 heterocycles. The molecular formula is C14H22N6O. The second-order valence-corrected chi connectivity index (χ2v) is 6.18. The van der Waals surface area contributed by atoms with Crippen molar-refractivity contribution in [2.45, 2.75) is 58.7 Å². The van der Waals surface area contributed by atoms with Gasteiger partial charge in [-0.25, -0.2) is 9.67 Å². The molecule has 3 rings (SSSR count). The van der Waals surface area contributed by atoms with Crippen molar-refractivity contribution < 1.29 is 4.52 Å². The molecule has 7 nitrogen and oxygen atoms in total. The Morgan fingerprint density at radius 1 is 1.43 bits per heavy atom. The maximum atomic E-state index is 5.13. The lowest BCUT2D eigenvalue weighted by Crippen LogP contribution is -2.48. The molecule has 0 spiro atoms. The van der Waals surface area contributed by atoms with Crippen molar-refractivity contribution in [3.05, 3.63) is 23.9 Å². The maximum Gasteiger partial charge on any atom is 0.223 e. The minimum atomic E-state index is -0.160. The number of hydrogen-bond donors (Lipinski definition) is 1. The zero-order valence-electron chi connectivity index (χ0n) is 12.8. The lowest BCUT2D eigenvalue weighted by Gasteiger charge is -2.39. The highest BCUT2D eigenvalue weighted by Gasteiger charge is 2.42. The molecule has 2 aromatic heterocycles. The molecule has 1 fully saturated rings. The Hall–Kier alpha value is -1.76. The molecule has 7 heteroatoms. The zero-order chi connectivity index (χ0) is 14.9. The molecule has 0 amide bonds. The zero-order valence-corrected chi connectivity index (χ0v) is 12.8. The minimum absolute atomic E-state index is 0.160. The highest BCUT2D eigenvalue weighted by molar-refractivity contribution is 5.10. The Morgan fingerprint density at radius 2 is 2.24 bits per heavy atom. The molecule has 2 aromatic rings. The molecule has 1 saturated carbocycles. The van der Waals surface area contributed by atoms with E-state index in [2.05, 4.69) is 39.4 Å². The summed E-state index contributed by atoms with van der Waals surface area (Å²) in [5, 5.41) is 12.0. The summed E-state index contributed by atoms with van der Waals surface area (Å²) in [4.78, 5) is 8.75. The number of nitrogens with zero attached hydrogens (tertiary/aromatic N) is 5. The molecule has 0 aromatic carbocycles. The minimum Gasteiger partial charge on any atom is -0.340 e. The number of nitrogens with one attached hydrogen (secondary N) is 1. The number of hydrogen-bond acceptors (Lipinski definition) is 6. The molecule has 0 saturated heterocycles. The van der Waals surface area contributed by atoms with Crippen LogP contribution in [0.15, 0.2) is 10.9 Å². The summed E-state index contributed by atoms with van der Waals surface area (Å²) in [7, 11) is 0. The van der Waals surface area contributed by atoms with Crippen LogP contribution in [0.5, 0.6) is 0 Å². The SMILES string of the molecule is Cc1nc(C2(NCc3ncnn3CC(C)C)CCC2)no1. The van der Waals surface area contributed by atoms with Gasteiger partial charge < -0.3 is 4.52 Å². The van der Waals surface area contributed by atoms with Crippen LogP contribution >= 0.6 is 0 Å². The standard InChI is InChI=1S/C14H22N6O/c1-10(2)8-20-12(15-9-17-20)7-16-14(5-4-6-14)13-18-11(3)21-19-13/h9-10,16H,4-8H2,1-3H3. The van der Waals surface area contributed by atoms with Crippen LogP contribution in [0.2, 0.25) is 0 Å². The van der Waals surface area contributed by atoms with Crippen LogP contribution in [-0.4, -0.2) is 24.9 Å². The Morgan fingerprint density at radius 3 is 2.81 bits per heavy atom. The lowest BCUT2D eigenvalue weighted by atomic mass is 9.76. The van der Waals surface area contributed by atoms with E-state index in [-0.39, 0.29) is 5.54 Å². The van der Waals surface area contributed by atoms with Gasteiger partial charge in [0.05, 0.1) is 12.1 Å². The van der Waals surface area contributed by atoms with Gasteiger partial charge in [-0.2, -0.15) is 10.1 Å². The van der Waals surface area contributed by atoms with Crippen molar-refractivity contribution in [2.24, 2.45) is 5.92 Å². The molecule has 0 unspecified atom stereocenters. The van der Waals surface area contributed by atoms with Gasteiger partial charge in [0.25, 0.3) is 0 Å². The van der Waals surface area contributed by atoms with Crippen molar-refractivity contribution in [1.29, 1.82) is 0 Å². The fourth-order valence-corrected chi connectivity index (χ4v) is 2.68. The summed E-state index contributed by atoms with van der Waals surface area (Å²) in [6.45, 7) is 7.72. The van der Waals surface area contributed by atoms with Gasteiger partial charge in [0.1, 0.15) is 12.2 Å². The van der Waals surface area contributed by atoms with Gasteiger partial charge in [-0.1, -0.05) is 19.0 Å². The summed E-state index contributed by atoms with van der Waals surface area (Å²) in [5.74, 6) is 2.88. The predicted molar refractivity (Wildman–Crippen MR) is 76.3 cm³/mol. The first-order valence-electron chi connectivity index (χ1n) is 7.51. The second kappa shape index (κ2) is 5.55. The number of rotatable bonds is 6. The van der Waals surface area contributed by atoms with Crippen molar-refractivity contribution in [3.63, 3.8) is 0 Å². The number of aromatic nitrogens is 5. The van der Waals surface area contributed by atoms with Gasteiger partial charge in [-0.05, 0) is 25.2 Å². The largest absolute Gasteiger partial charge is 0.340 e. The predicted octanol–water partition coefficient (Wildman–Crippen LogP) is 1.79. The topological polar surface area (TPSA) is 81.7 Å². The van der Waals surface area contributed by atoms with Crippen molar-refractivity contribution in [2.75, 3.05) is 0 Å². The molecule has 0 radical (unpaired) electrons. The summed E-state index contributed by atoms with van der Waals surface area (Å²) in [6, 6.07) is 0. The average molecular weight is 290 g/mol. The third-order valence-corrected chi connectivity index (χ3v) is 3.98. The van der Waals surface area contributed by atoms with E-state index in [0.717, 1.165) is 31.0 Å². The maximum absolute atomic E-state index is 5.13. The highest BCUT2D eigenvalue weighted by Crippen LogP contribution is 2.39. The molecule has 114 valence electrons. The van der Waals surface area contributed by atoms with E-state index in [1.54, 1.807) is 6.33 Å². The monoisotopic (exact) mass is 290 g/mol. The van der Waals surface area contributed by atoms with Gasteiger partial charge in [0.2, 0.25) is 5.89 Å². The van der Waals surface area contributed by atoms with E-state index in [4.69, 9.17) is 4.52 Å². The molecule has 0 aliphatic heterocycles. The van der Waals surface area contributed by atoms with E-state index < -0.39 is 0 Å². The van der Waals surface area contributed by atoms with Crippen LogP contribution in [0.3, 0.4) is 0 Å². The molecule has 1 aliphatic carbocycles. The van der Waals surface area contributed by atoms with Gasteiger partial charge >= 0.3 is 0 Å². The van der Waals surface area contributed by atoms with Crippen LogP contribution in [0, 0.1) is 12.8 Å². The van der Waals surface area contributed by atoms with E-state index in [0.29, 0.717) is 18.4 Å². The molecule has 21 heavy (non-hydrogen) atoms. The van der Waals surface area contributed by atoms with Gasteiger partial charge in [-0.3, -0.25) is 5.32 Å². The first kappa shape index (κ1) is 14.2. The molecular weight excluding hydrogens is 268 g/mol. The van der Waals surface area contributed by atoms with Gasteiger partial charge in [-0.15, -0.1) is 0 Å². The highest BCUT2D eigenvalue weighted by atomic mass is 16.5. The van der Waals surface area contributed by atoms with E-state index in [1.165, 1.54) is 6.42 Å². The van der Waals surface area contributed by atoms with Gasteiger partial charge in [0, 0.05) is 13.5 Å². The normalized spacial score (nSPS) is 17.1. The van der Waals surface area contributed by atoms with E-state index in [9.17, 15) is 0 Å². The number of aryl methyl sites for hydroxylation is 1. The van der Waals surface area contributed by atoms with Gasteiger partial charge in [0.15, 0.2) is 5.82 Å². The van der Waals surface area contributed by atoms with E-state index in [1.807, 2.05) is 11.6 Å². The van der Waals surface area contributed by atoms with Crippen molar-refractivity contribution in [1.82, 2.24) is 30.2 Å². The summed E-state index contributed by atoms with van der Waals surface area (Å²) < 4.78 is 7.09. The lowest BCUT2D eigenvalue weighted by molar-refractivity contribution is 0.162. The first-order chi connectivity index (χ1) is 10.1. The van der Waals surface area contributed by atoms with Crippen LogP contribution in [0.25, 0.3) is 0 Å². The van der Waals surface area contributed by atoms with E-state index >= 15 is 0 Å². The summed E-state index contributed by atoms with van der Waals surface area (Å²) >= 11 is 0. The van der Waals surface area contributed by atoms with Crippen molar-refractivity contribution >= 4 is 0 Å². The van der Waals surface area contributed by atoms with Crippen molar-refractivity contribution in [3.8, 4) is 0 Å². The van der Waals surface area contributed by atoms with Crippen LogP contribution in [0.1, 0.15) is 50.6 Å². The molecule has 1 N–H and O–H groups in total. The first-order valence-corrected chi connectivity index (χ1v) is 7.51. The summed E-state index contributed by atoms with van der Waals surface area (Å²) in [5.41, 5.74) is -0.160. The Balaban J connectivity index is 1.70. The fourth-order valence-electron chi connectivity index (χ4n) is 2.68. The Bertz CT molecular complexity index is 598. The Kier molecular flexibility index (Phi) is 3.75.